The summed E-state index contributed by atoms with van der Waals surface area (Å²) in [6.45, 7) is 8.67. The molecule has 200 valence electrons. The second-order valence-corrected chi connectivity index (χ2v) is 11.5. The number of carbonyl (C=O) groups excluding carboxylic acids is 1. The summed E-state index contributed by atoms with van der Waals surface area (Å²) in [5, 5.41) is 11.3. The van der Waals surface area contributed by atoms with Crippen LogP contribution in [0.3, 0.4) is 0 Å². The Balaban J connectivity index is 1.55. The quantitative estimate of drug-likeness (QED) is 0.254. The highest BCUT2D eigenvalue weighted by Crippen LogP contribution is 2.36. The van der Waals surface area contributed by atoms with E-state index in [1.54, 1.807) is 6.92 Å². The van der Waals surface area contributed by atoms with Gasteiger partial charge in [-0.15, -0.1) is 0 Å². The van der Waals surface area contributed by atoms with Crippen LogP contribution in [0.5, 0.6) is 5.75 Å². The Kier molecular flexibility index (Phi) is 9.21. The normalized spacial score (nSPS) is 17.5. The second kappa shape index (κ2) is 12.6. The summed E-state index contributed by atoms with van der Waals surface area (Å²) in [6, 6.07) is 15.9. The van der Waals surface area contributed by atoms with Crippen LogP contribution in [0.15, 0.2) is 42.5 Å². The van der Waals surface area contributed by atoms with Crippen LogP contribution in [0.2, 0.25) is 0 Å². The van der Waals surface area contributed by atoms with E-state index in [9.17, 15) is 9.18 Å². The lowest BCUT2D eigenvalue weighted by Gasteiger charge is -2.24. The monoisotopic (exact) mass is 513 g/mol. The van der Waals surface area contributed by atoms with Crippen LogP contribution < -0.4 is 4.74 Å². The third-order valence-corrected chi connectivity index (χ3v) is 8.04. The maximum atomic E-state index is 14.0. The van der Waals surface area contributed by atoms with Gasteiger partial charge in [0.15, 0.2) is 0 Å². The molecule has 0 radical (unpaired) electrons. The number of rotatable bonds is 10. The number of benzene rings is 3. The summed E-state index contributed by atoms with van der Waals surface area (Å²) in [5.74, 6) is 2.11. The number of halogens is 1. The zero-order valence-corrected chi connectivity index (χ0v) is 23.3. The van der Waals surface area contributed by atoms with Crippen LogP contribution in [0.4, 0.5) is 4.39 Å². The van der Waals surface area contributed by atoms with Crippen LogP contribution in [-0.4, -0.2) is 12.4 Å². The molecule has 0 aromatic heterocycles. The Labute approximate surface area is 227 Å². The molecule has 0 aliphatic heterocycles. The van der Waals surface area contributed by atoms with Crippen molar-refractivity contribution >= 4 is 16.6 Å². The second-order valence-electron chi connectivity index (χ2n) is 11.5. The maximum Gasteiger partial charge on any atom is 0.137 e. The standard InChI is InChI=1S/C34H40FNO2/c1-22(2)16-29(37)19-32-24(4)31-20-30(38-15-5-6-25-7-9-26(21-36)10-8-25)13-11-28(31)18-33(32)27-12-14-34(35)23(3)17-27/h11-14,17-18,20,22,25-26H,5-10,15-16,19H2,1-4H3. The Hall–Kier alpha value is -3.19. The highest BCUT2D eigenvalue weighted by Gasteiger charge is 2.21. The third kappa shape index (κ3) is 6.81. The lowest BCUT2D eigenvalue weighted by atomic mass is 9.81. The van der Waals surface area contributed by atoms with Gasteiger partial charge in [-0.25, -0.2) is 4.39 Å². The van der Waals surface area contributed by atoms with Crippen LogP contribution in [0.1, 0.15) is 75.5 Å². The number of fused-ring (bicyclic) bond motifs is 1. The fourth-order valence-corrected chi connectivity index (χ4v) is 5.85. The van der Waals surface area contributed by atoms with Crippen molar-refractivity contribution in [3.63, 3.8) is 0 Å². The maximum absolute atomic E-state index is 14.0. The average molecular weight is 514 g/mol. The van der Waals surface area contributed by atoms with Crippen molar-refractivity contribution in [3.05, 3.63) is 65.0 Å². The van der Waals surface area contributed by atoms with Gasteiger partial charge in [-0.3, -0.25) is 4.79 Å². The fraction of sp³-hybridized carbons (Fsp3) is 0.471. The van der Waals surface area contributed by atoms with E-state index in [0.29, 0.717) is 36.8 Å². The molecular weight excluding hydrogens is 473 g/mol. The van der Waals surface area contributed by atoms with Gasteiger partial charge in [0.25, 0.3) is 0 Å². The molecule has 3 nitrogen and oxygen atoms in total. The van der Waals surface area contributed by atoms with Crippen LogP contribution in [0.25, 0.3) is 21.9 Å². The average Bonchev–Trinajstić information content (AvgIpc) is 2.90. The fourth-order valence-electron chi connectivity index (χ4n) is 5.85. The van der Waals surface area contributed by atoms with E-state index in [-0.39, 0.29) is 17.5 Å². The largest absolute Gasteiger partial charge is 0.494 e. The van der Waals surface area contributed by atoms with Crippen molar-refractivity contribution in [2.45, 2.75) is 79.1 Å². The summed E-state index contributed by atoms with van der Waals surface area (Å²) in [5.41, 5.74) is 4.62. The van der Waals surface area contributed by atoms with Crippen molar-refractivity contribution in [1.29, 1.82) is 5.26 Å². The molecular formula is C34H40FNO2. The predicted octanol–water partition coefficient (Wildman–Crippen LogP) is 8.91. The van der Waals surface area contributed by atoms with Crippen LogP contribution >= 0.6 is 0 Å². The van der Waals surface area contributed by atoms with E-state index in [2.05, 4.69) is 45.0 Å². The van der Waals surface area contributed by atoms with Crippen molar-refractivity contribution < 1.29 is 13.9 Å². The minimum Gasteiger partial charge on any atom is -0.494 e. The minimum absolute atomic E-state index is 0.221. The summed E-state index contributed by atoms with van der Waals surface area (Å²) in [7, 11) is 0. The molecule has 1 aliphatic carbocycles. The SMILES string of the molecule is Cc1cc(-c2cc3ccc(OCCCC4CCC(C#N)CC4)cc3c(C)c2CC(=O)CC(C)C)ccc1F. The molecule has 4 rings (SSSR count). The highest BCUT2D eigenvalue weighted by molar-refractivity contribution is 5.95. The summed E-state index contributed by atoms with van der Waals surface area (Å²) in [6.07, 6.45) is 7.44. The first-order chi connectivity index (χ1) is 18.2. The van der Waals surface area contributed by atoms with Gasteiger partial charge in [0.05, 0.1) is 12.7 Å². The molecule has 1 fully saturated rings. The predicted molar refractivity (Wildman–Crippen MR) is 153 cm³/mol. The number of ether oxygens (including phenoxy) is 1. The molecule has 3 aromatic carbocycles. The number of nitrogens with zero attached hydrogens (tertiary/aromatic N) is 1. The number of nitriles is 1. The first kappa shape index (κ1) is 27.8. The van der Waals surface area contributed by atoms with Crippen LogP contribution in [0, 0.1) is 48.7 Å². The van der Waals surface area contributed by atoms with E-state index >= 15 is 0 Å². The number of Topliss-reactive ketones (excluding diaryl/α,β-unsaturated/α-hetero) is 1. The molecule has 0 saturated heterocycles. The molecule has 4 heteroatoms. The zero-order valence-electron chi connectivity index (χ0n) is 23.3. The zero-order chi connectivity index (χ0) is 27.2. The Morgan fingerprint density at radius 1 is 1.08 bits per heavy atom. The first-order valence-electron chi connectivity index (χ1n) is 14.1. The van der Waals surface area contributed by atoms with Gasteiger partial charge < -0.3 is 4.74 Å². The van der Waals surface area contributed by atoms with Gasteiger partial charge in [0, 0.05) is 18.8 Å². The molecule has 1 saturated carbocycles. The topological polar surface area (TPSA) is 50.1 Å². The van der Waals surface area contributed by atoms with Gasteiger partial charge in [-0.2, -0.15) is 5.26 Å². The van der Waals surface area contributed by atoms with Gasteiger partial charge in [-0.05, 0) is 133 Å². The third-order valence-electron chi connectivity index (χ3n) is 8.04. The summed E-state index contributed by atoms with van der Waals surface area (Å²) in [4.78, 5) is 12.9. The van der Waals surface area contributed by atoms with Crippen molar-refractivity contribution in [2.24, 2.45) is 17.8 Å². The van der Waals surface area contributed by atoms with E-state index < -0.39 is 0 Å². The first-order valence-corrected chi connectivity index (χ1v) is 14.1. The van der Waals surface area contributed by atoms with Crippen LogP contribution in [-0.2, 0) is 11.2 Å². The van der Waals surface area contributed by atoms with Crippen molar-refractivity contribution in [2.75, 3.05) is 6.61 Å². The molecule has 1 aliphatic rings. The molecule has 0 bridgehead atoms. The number of hydrogen-bond donors (Lipinski definition) is 0. The molecule has 0 heterocycles. The van der Waals surface area contributed by atoms with Gasteiger partial charge in [-0.1, -0.05) is 26.0 Å². The van der Waals surface area contributed by atoms with Gasteiger partial charge >= 0.3 is 0 Å². The van der Waals surface area contributed by atoms with Crippen molar-refractivity contribution in [1.82, 2.24) is 0 Å². The molecule has 0 spiro atoms. The highest BCUT2D eigenvalue weighted by atomic mass is 19.1. The van der Waals surface area contributed by atoms with Gasteiger partial charge in [0.2, 0.25) is 0 Å². The molecule has 38 heavy (non-hydrogen) atoms. The number of aryl methyl sites for hydroxylation is 2. The Morgan fingerprint density at radius 3 is 2.53 bits per heavy atom. The number of carbonyl (C=O) groups is 1. The van der Waals surface area contributed by atoms with E-state index in [4.69, 9.17) is 10.00 Å². The summed E-state index contributed by atoms with van der Waals surface area (Å²) >= 11 is 0. The van der Waals surface area contributed by atoms with Crippen molar-refractivity contribution in [3.8, 4) is 22.9 Å². The molecule has 0 amide bonds. The molecule has 0 atom stereocenters. The smallest absolute Gasteiger partial charge is 0.137 e. The lowest BCUT2D eigenvalue weighted by Crippen LogP contribution is -2.14. The molecule has 3 aromatic rings. The van der Waals surface area contributed by atoms with E-state index in [1.165, 1.54) is 6.07 Å². The number of hydrogen-bond acceptors (Lipinski definition) is 3. The van der Waals surface area contributed by atoms with Gasteiger partial charge in [0.1, 0.15) is 17.3 Å². The number of ketones is 1. The molecule has 0 unspecified atom stereocenters. The Bertz CT molecular complexity index is 1330. The lowest BCUT2D eigenvalue weighted by molar-refractivity contribution is -0.119. The Morgan fingerprint density at radius 2 is 1.84 bits per heavy atom. The van der Waals surface area contributed by atoms with E-state index in [0.717, 1.165) is 77.3 Å². The molecule has 0 N–H and O–H groups in total. The summed E-state index contributed by atoms with van der Waals surface area (Å²) < 4.78 is 20.2. The minimum atomic E-state index is -0.222. The van der Waals surface area contributed by atoms with E-state index in [1.807, 2.05) is 18.2 Å².